The molecule has 1 rings (SSSR count). The van der Waals surface area contributed by atoms with Crippen LogP contribution in [-0.4, -0.2) is 26.3 Å². The second-order valence-electron chi connectivity index (χ2n) is 4.03. The zero-order valence-corrected chi connectivity index (χ0v) is 9.01. The molecule has 0 aromatic heterocycles. The monoisotopic (exact) mass is 185 g/mol. The highest BCUT2D eigenvalue weighted by Gasteiger charge is 2.19. The molecule has 1 fully saturated rings. The van der Waals surface area contributed by atoms with Crippen LogP contribution in [0.3, 0.4) is 0 Å². The largest absolute Gasteiger partial charge is 0.377 e. The lowest BCUT2D eigenvalue weighted by Crippen LogP contribution is -2.24. The Balaban J connectivity index is 2.03. The third-order valence-electron chi connectivity index (χ3n) is 3.08. The van der Waals surface area contributed by atoms with E-state index in [9.17, 15) is 0 Å². The van der Waals surface area contributed by atoms with Gasteiger partial charge in [0.25, 0.3) is 0 Å². The van der Waals surface area contributed by atoms with E-state index < -0.39 is 0 Å². The minimum Gasteiger partial charge on any atom is -0.377 e. The van der Waals surface area contributed by atoms with Crippen molar-refractivity contribution in [3.8, 4) is 0 Å². The Bertz CT molecular complexity index is 117. The molecule has 2 nitrogen and oxygen atoms in total. The van der Waals surface area contributed by atoms with Gasteiger partial charge in [0.15, 0.2) is 0 Å². The molecule has 1 saturated carbocycles. The lowest BCUT2D eigenvalue weighted by Gasteiger charge is -2.27. The molecule has 0 spiro atoms. The van der Waals surface area contributed by atoms with E-state index in [1.165, 1.54) is 32.1 Å². The van der Waals surface area contributed by atoms with Crippen molar-refractivity contribution < 1.29 is 4.74 Å². The van der Waals surface area contributed by atoms with Crippen LogP contribution in [0, 0.1) is 5.92 Å². The smallest absolute Gasteiger partial charge is 0.0594 e. The average molecular weight is 185 g/mol. The Hall–Kier alpha value is -0.0800. The molecule has 78 valence electrons. The first-order chi connectivity index (χ1) is 6.36. The Labute approximate surface area is 82.0 Å². The summed E-state index contributed by atoms with van der Waals surface area (Å²) < 4.78 is 5.75. The quantitative estimate of drug-likeness (QED) is 0.663. The summed E-state index contributed by atoms with van der Waals surface area (Å²) >= 11 is 0. The number of likely N-dealkylation sites (N-methyl/N-ethyl adjacent to an activating group) is 1. The van der Waals surface area contributed by atoms with Crippen molar-refractivity contribution in [3.63, 3.8) is 0 Å². The number of ether oxygens (including phenoxy) is 1. The fourth-order valence-corrected chi connectivity index (χ4v) is 2.03. The standard InChI is InChI=1S/C11H23NO/c1-3-10-4-6-11(7-5-10)13-9-8-12-2/h10-12H,3-9H2,1-2H3. The number of hydrogen-bond donors (Lipinski definition) is 1. The van der Waals surface area contributed by atoms with E-state index in [1.54, 1.807) is 0 Å². The summed E-state index contributed by atoms with van der Waals surface area (Å²) in [5.41, 5.74) is 0. The summed E-state index contributed by atoms with van der Waals surface area (Å²) in [5.74, 6) is 0.976. The first-order valence-electron chi connectivity index (χ1n) is 5.63. The second-order valence-corrected chi connectivity index (χ2v) is 4.03. The third kappa shape index (κ3) is 4.10. The maximum Gasteiger partial charge on any atom is 0.0594 e. The molecule has 1 aliphatic rings. The zero-order chi connectivity index (χ0) is 9.52. The molecule has 2 heteroatoms. The predicted molar refractivity (Wildman–Crippen MR) is 55.9 cm³/mol. The Morgan fingerprint density at radius 3 is 2.46 bits per heavy atom. The van der Waals surface area contributed by atoms with Gasteiger partial charge in [0.1, 0.15) is 0 Å². The van der Waals surface area contributed by atoms with Gasteiger partial charge in [-0.1, -0.05) is 13.3 Å². The average Bonchev–Trinajstić information content (AvgIpc) is 2.19. The van der Waals surface area contributed by atoms with Gasteiger partial charge in [-0.05, 0) is 38.6 Å². The van der Waals surface area contributed by atoms with Gasteiger partial charge in [0.05, 0.1) is 12.7 Å². The molecule has 0 aromatic rings. The summed E-state index contributed by atoms with van der Waals surface area (Å²) in [6.07, 6.45) is 7.21. The Morgan fingerprint density at radius 1 is 1.23 bits per heavy atom. The van der Waals surface area contributed by atoms with Crippen LogP contribution in [0.4, 0.5) is 0 Å². The van der Waals surface area contributed by atoms with Gasteiger partial charge < -0.3 is 10.1 Å². The summed E-state index contributed by atoms with van der Waals surface area (Å²) in [4.78, 5) is 0. The van der Waals surface area contributed by atoms with Crippen molar-refractivity contribution in [1.82, 2.24) is 5.32 Å². The number of hydrogen-bond acceptors (Lipinski definition) is 2. The normalized spacial score (nSPS) is 29.1. The van der Waals surface area contributed by atoms with E-state index in [0.717, 1.165) is 19.1 Å². The SMILES string of the molecule is CCC1CCC(OCCNC)CC1. The van der Waals surface area contributed by atoms with E-state index in [1.807, 2.05) is 7.05 Å². The van der Waals surface area contributed by atoms with Gasteiger partial charge in [-0.25, -0.2) is 0 Å². The van der Waals surface area contributed by atoms with E-state index in [0.29, 0.717) is 6.10 Å². The highest BCUT2D eigenvalue weighted by molar-refractivity contribution is 4.71. The van der Waals surface area contributed by atoms with Crippen molar-refractivity contribution in [3.05, 3.63) is 0 Å². The first-order valence-corrected chi connectivity index (χ1v) is 5.63. The van der Waals surface area contributed by atoms with Crippen LogP contribution in [-0.2, 0) is 4.74 Å². The van der Waals surface area contributed by atoms with Crippen LogP contribution in [0.1, 0.15) is 39.0 Å². The topological polar surface area (TPSA) is 21.3 Å². The van der Waals surface area contributed by atoms with E-state index in [2.05, 4.69) is 12.2 Å². The zero-order valence-electron chi connectivity index (χ0n) is 9.01. The first kappa shape index (κ1) is 11.0. The maximum absolute atomic E-state index is 5.75. The molecule has 0 unspecified atom stereocenters. The number of nitrogens with one attached hydrogen (secondary N) is 1. The molecule has 0 aromatic carbocycles. The van der Waals surface area contributed by atoms with Gasteiger partial charge in [0, 0.05) is 6.54 Å². The summed E-state index contributed by atoms with van der Waals surface area (Å²) in [7, 11) is 1.97. The van der Waals surface area contributed by atoms with Crippen molar-refractivity contribution in [2.45, 2.75) is 45.1 Å². The molecule has 0 saturated heterocycles. The molecule has 0 atom stereocenters. The third-order valence-corrected chi connectivity index (χ3v) is 3.08. The summed E-state index contributed by atoms with van der Waals surface area (Å²) in [6.45, 7) is 4.15. The molecule has 1 aliphatic carbocycles. The van der Waals surface area contributed by atoms with Crippen molar-refractivity contribution in [2.75, 3.05) is 20.2 Å². The van der Waals surface area contributed by atoms with Crippen molar-refractivity contribution >= 4 is 0 Å². The van der Waals surface area contributed by atoms with Crippen LogP contribution in [0.25, 0.3) is 0 Å². The molecule has 0 heterocycles. The predicted octanol–water partition coefficient (Wildman–Crippen LogP) is 2.19. The van der Waals surface area contributed by atoms with Crippen LogP contribution in [0.5, 0.6) is 0 Å². The van der Waals surface area contributed by atoms with Gasteiger partial charge in [-0.3, -0.25) is 0 Å². The highest BCUT2D eigenvalue weighted by atomic mass is 16.5. The van der Waals surface area contributed by atoms with E-state index in [4.69, 9.17) is 4.74 Å². The molecule has 0 bridgehead atoms. The lowest BCUT2D eigenvalue weighted by atomic mass is 9.86. The second kappa shape index (κ2) is 6.39. The molecule has 0 amide bonds. The molecule has 13 heavy (non-hydrogen) atoms. The van der Waals surface area contributed by atoms with Crippen molar-refractivity contribution in [1.29, 1.82) is 0 Å². The van der Waals surface area contributed by atoms with Crippen LogP contribution < -0.4 is 5.32 Å². The molecular weight excluding hydrogens is 162 g/mol. The minimum atomic E-state index is 0.552. The van der Waals surface area contributed by atoms with Gasteiger partial charge in [-0.2, -0.15) is 0 Å². The molecule has 0 radical (unpaired) electrons. The van der Waals surface area contributed by atoms with Crippen LogP contribution in [0.15, 0.2) is 0 Å². The molecule has 1 N–H and O–H groups in total. The Kier molecular flexibility index (Phi) is 5.40. The van der Waals surface area contributed by atoms with E-state index in [-0.39, 0.29) is 0 Å². The fourth-order valence-electron chi connectivity index (χ4n) is 2.03. The summed E-state index contributed by atoms with van der Waals surface area (Å²) in [6, 6.07) is 0. The van der Waals surface area contributed by atoms with Crippen LogP contribution >= 0.6 is 0 Å². The van der Waals surface area contributed by atoms with Crippen LogP contribution in [0.2, 0.25) is 0 Å². The Morgan fingerprint density at radius 2 is 1.92 bits per heavy atom. The summed E-state index contributed by atoms with van der Waals surface area (Å²) in [5, 5.41) is 3.10. The van der Waals surface area contributed by atoms with Crippen molar-refractivity contribution in [2.24, 2.45) is 5.92 Å². The maximum atomic E-state index is 5.75. The fraction of sp³-hybridized carbons (Fsp3) is 1.00. The highest BCUT2D eigenvalue weighted by Crippen LogP contribution is 2.27. The number of rotatable bonds is 5. The van der Waals surface area contributed by atoms with Gasteiger partial charge in [0.2, 0.25) is 0 Å². The lowest BCUT2D eigenvalue weighted by molar-refractivity contribution is 0.0201. The molecule has 0 aliphatic heterocycles. The van der Waals surface area contributed by atoms with E-state index >= 15 is 0 Å². The minimum absolute atomic E-state index is 0.552. The molecular formula is C11H23NO. The van der Waals surface area contributed by atoms with Gasteiger partial charge >= 0.3 is 0 Å². The van der Waals surface area contributed by atoms with Gasteiger partial charge in [-0.15, -0.1) is 0 Å².